The van der Waals surface area contributed by atoms with Gasteiger partial charge in [-0.05, 0) is 31.2 Å². The summed E-state index contributed by atoms with van der Waals surface area (Å²) >= 11 is 0. The fourth-order valence-electron chi connectivity index (χ4n) is 4.16. The fourth-order valence-corrected chi connectivity index (χ4v) is 4.16. The lowest BCUT2D eigenvalue weighted by Crippen LogP contribution is -2.43. The lowest BCUT2D eigenvalue weighted by Gasteiger charge is -2.29. The van der Waals surface area contributed by atoms with Crippen molar-refractivity contribution in [3.63, 3.8) is 0 Å². The van der Waals surface area contributed by atoms with E-state index in [4.69, 9.17) is 9.97 Å². The van der Waals surface area contributed by atoms with Crippen LogP contribution in [0.25, 0.3) is 33.2 Å². The lowest BCUT2D eigenvalue weighted by atomic mass is 10.0. The maximum Gasteiger partial charge on any atom is 0.165 e. The minimum atomic E-state index is 0.167. The zero-order valence-electron chi connectivity index (χ0n) is 17.4. The molecule has 2 aromatic heterocycles. The van der Waals surface area contributed by atoms with Gasteiger partial charge < -0.3 is 20.6 Å². The molecule has 0 spiro atoms. The van der Waals surface area contributed by atoms with Gasteiger partial charge >= 0.3 is 0 Å². The van der Waals surface area contributed by atoms with Crippen LogP contribution in [0.1, 0.15) is 5.56 Å². The van der Waals surface area contributed by atoms with Crippen LogP contribution in [0.5, 0.6) is 5.75 Å². The van der Waals surface area contributed by atoms with Crippen LogP contribution in [0.15, 0.2) is 30.5 Å². The number of benzene rings is 2. The van der Waals surface area contributed by atoms with E-state index in [1.807, 2.05) is 39.3 Å². The summed E-state index contributed by atoms with van der Waals surface area (Å²) in [6.45, 7) is 5.81. The second kappa shape index (κ2) is 7.14. The Labute approximate surface area is 174 Å². The first-order chi connectivity index (χ1) is 14.5. The van der Waals surface area contributed by atoms with Crippen molar-refractivity contribution in [2.75, 3.05) is 43.4 Å². The molecule has 4 aromatic rings. The maximum atomic E-state index is 10.8. The highest BCUT2D eigenvalue weighted by atomic mass is 16.3. The van der Waals surface area contributed by atoms with Gasteiger partial charge in [0, 0.05) is 68.5 Å². The molecule has 3 heterocycles. The Kier molecular flexibility index (Phi) is 4.43. The van der Waals surface area contributed by atoms with Crippen molar-refractivity contribution in [3.8, 4) is 17.1 Å². The van der Waals surface area contributed by atoms with Gasteiger partial charge in [0.05, 0.1) is 16.6 Å². The van der Waals surface area contributed by atoms with E-state index in [1.165, 1.54) is 5.69 Å². The molecule has 1 saturated heterocycles. The molecule has 2 aromatic carbocycles. The summed E-state index contributed by atoms with van der Waals surface area (Å²) in [6, 6.07) is 8.19. The van der Waals surface area contributed by atoms with E-state index in [1.54, 1.807) is 4.68 Å². The number of fused-ring (bicyclic) bond motifs is 2. The lowest BCUT2D eigenvalue weighted by molar-refractivity contribution is 0.473. The molecule has 0 bridgehead atoms. The average Bonchev–Trinajstić information content (AvgIpc) is 3.16. The zero-order chi connectivity index (χ0) is 20.8. The highest BCUT2D eigenvalue weighted by molar-refractivity contribution is 5.95. The average molecular weight is 403 g/mol. The normalized spacial score (nSPS) is 14.6. The van der Waals surface area contributed by atoms with E-state index in [9.17, 15) is 5.11 Å². The fraction of sp³-hybridized carbons (Fsp3) is 0.318. The van der Waals surface area contributed by atoms with E-state index in [2.05, 4.69) is 32.8 Å². The maximum absolute atomic E-state index is 10.8. The third kappa shape index (κ3) is 3.00. The number of nitrogens with zero attached hydrogens (tertiary/aromatic N) is 5. The van der Waals surface area contributed by atoms with E-state index < -0.39 is 0 Å². The van der Waals surface area contributed by atoms with Gasteiger partial charge in [-0.3, -0.25) is 4.68 Å². The van der Waals surface area contributed by atoms with E-state index in [0.29, 0.717) is 11.4 Å². The van der Waals surface area contributed by atoms with Gasteiger partial charge in [0.25, 0.3) is 0 Å². The summed E-state index contributed by atoms with van der Waals surface area (Å²) in [5, 5.41) is 23.8. The Morgan fingerprint density at radius 3 is 2.70 bits per heavy atom. The Balaban J connectivity index is 1.65. The number of nitrogens with one attached hydrogen (secondary N) is 2. The first-order valence-corrected chi connectivity index (χ1v) is 10.2. The zero-order valence-corrected chi connectivity index (χ0v) is 17.4. The van der Waals surface area contributed by atoms with Gasteiger partial charge in [0.1, 0.15) is 11.6 Å². The molecule has 0 atom stereocenters. The number of phenols is 1. The summed E-state index contributed by atoms with van der Waals surface area (Å²) in [6.07, 6.45) is 1.94. The molecule has 1 aliphatic rings. The van der Waals surface area contributed by atoms with Crippen molar-refractivity contribution in [1.29, 1.82) is 0 Å². The number of aryl methyl sites for hydroxylation is 2. The van der Waals surface area contributed by atoms with Crippen LogP contribution in [-0.2, 0) is 7.05 Å². The molecule has 0 amide bonds. The number of hydrogen-bond donors (Lipinski definition) is 3. The number of phenolic OH excluding ortho intramolecular Hbond substituents is 1. The quantitative estimate of drug-likeness (QED) is 0.484. The Hall–Kier alpha value is -3.39. The first kappa shape index (κ1) is 18.6. The monoisotopic (exact) mass is 403 g/mol. The van der Waals surface area contributed by atoms with Crippen LogP contribution in [-0.4, -0.2) is 58.1 Å². The third-order valence-electron chi connectivity index (χ3n) is 5.76. The summed E-state index contributed by atoms with van der Waals surface area (Å²) in [5.74, 6) is 1.41. The van der Waals surface area contributed by atoms with Crippen molar-refractivity contribution < 1.29 is 5.11 Å². The molecule has 8 nitrogen and oxygen atoms in total. The summed E-state index contributed by atoms with van der Waals surface area (Å²) in [5.41, 5.74) is 4.14. The van der Waals surface area contributed by atoms with E-state index in [-0.39, 0.29) is 5.75 Å². The molecule has 1 aliphatic heterocycles. The van der Waals surface area contributed by atoms with Gasteiger partial charge in [0.15, 0.2) is 5.82 Å². The van der Waals surface area contributed by atoms with Crippen LogP contribution >= 0.6 is 0 Å². The van der Waals surface area contributed by atoms with Crippen molar-refractivity contribution in [2.45, 2.75) is 6.92 Å². The highest BCUT2D eigenvalue weighted by Crippen LogP contribution is 2.37. The van der Waals surface area contributed by atoms with Gasteiger partial charge in [-0.15, -0.1) is 0 Å². The number of aromatic nitrogens is 4. The van der Waals surface area contributed by atoms with Crippen molar-refractivity contribution >= 4 is 33.3 Å². The number of piperazine rings is 1. The second-order valence-corrected chi connectivity index (χ2v) is 7.72. The van der Waals surface area contributed by atoms with Gasteiger partial charge in [-0.1, -0.05) is 0 Å². The predicted molar refractivity (Wildman–Crippen MR) is 120 cm³/mol. The Morgan fingerprint density at radius 2 is 1.93 bits per heavy atom. The Morgan fingerprint density at radius 1 is 1.13 bits per heavy atom. The van der Waals surface area contributed by atoms with Crippen LogP contribution in [0.2, 0.25) is 0 Å². The van der Waals surface area contributed by atoms with Crippen LogP contribution in [0, 0.1) is 6.92 Å². The summed E-state index contributed by atoms with van der Waals surface area (Å²) in [7, 11) is 3.73. The standard InChI is InChI=1S/C22H25N7O/c1-13-19-14(12-28(3)27-19)10-17(20(13)30)22-25-18-5-4-15(29-8-6-24-7-9-29)11-16(18)21(23-2)26-22/h4-5,10-12,24,30H,6-9H2,1-3H3,(H,23,25,26). The second-order valence-electron chi connectivity index (χ2n) is 7.72. The SMILES string of the molecule is CNc1nc(-c2cc3cn(C)nc3c(C)c2O)nc2ccc(N3CCNCC3)cc12. The number of anilines is 2. The molecular weight excluding hydrogens is 378 g/mol. The predicted octanol–water partition coefficient (Wildman–Crippen LogP) is 2.65. The highest BCUT2D eigenvalue weighted by Gasteiger charge is 2.18. The molecule has 5 rings (SSSR count). The Bertz CT molecular complexity index is 1260. The van der Waals surface area contributed by atoms with Crippen LogP contribution in [0.3, 0.4) is 0 Å². The molecule has 1 fully saturated rings. The van der Waals surface area contributed by atoms with Gasteiger partial charge in [0.2, 0.25) is 0 Å². The van der Waals surface area contributed by atoms with Crippen molar-refractivity contribution in [1.82, 2.24) is 25.1 Å². The molecule has 154 valence electrons. The third-order valence-corrected chi connectivity index (χ3v) is 5.76. The molecule has 8 heteroatoms. The number of hydrogen-bond acceptors (Lipinski definition) is 7. The molecule has 0 radical (unpaired) electrons. The number of aromatic hydroxyl groups is 1. The smallest absolute Gasteiger partial charge is 0.165 e. The largest absolute Gasteiger partial charge is 0.507 e. The van der Waals surface area contributed by atoms with Crippen molar-refractivity contribution in [3.05, 3.63) is 36.0 Å². The van der Waals surface area contributed by atoms with Gasteiger partial charge in [-0.2, -0.15) is 5.10 Å². The van der Waals surface area contributed by atoms with Gasteiger partial charge in [-0.25, -0.2) is 9.97 Å². The molecule has 0 unspecified atom stereocenters. The topological polar surface area (TPSA) is 91.1 Å². The minimum Gasteiger partial charge on any atom is -0.507 e. The molecule has 3 N–H and O–H groups in total. The number of rotatable bonds is 3. The first-order valence-electron chi connectivity index (χ1n) is 10.2. The van der Waals surface area contributed by atoms with Crippen molar-refractivity contribution in [2.24, 2.45) is 7.05 Å². The van der Waals surface area contributed by atoms with E-state index >= 15 is 0 Å². The molecule has 30 heavy (non-hydrogen) atoms. The molecule has 0 saturated carbocycles. The van der Waals surface area contributed by atoms with Crippen LogP contribution in [0.4, 0.5) is 11.5 Å². The molecular formula is C22H25N7O. The minimum absolute atomic E-state index is 0.167. The summed E-state index contributed by atoms with van der Waals surface area (Å²) in [4.78, 5) is 11.9. The molecule has 0 aliphatic carbocycles. The summed E-state index contributed by atoms with van der Waals surface area (Å²) < 4.78 is 1.75. The van der Waals surface area contributed by atoms with E-state index in [0.717, 1.165) is 59.4 Å². The van der Waals surface area contributed by atoms with Crippen LogP contribution < -0.4 is 15.5 Å².